The lowest BCUT2D eigenvalue weighted by molar-refractivity contribution is 0.437. The number of nitrogens with zero attached hydrogens (tertiary/aromatic N) is 3. The maximum atomic E-state index is 12.7. The SMILES string of the molecule is O=S(=O)(Nc1ccc(Cl)cc1)N1CCCN(c2c(Cl)cncc2Cl)CC1. The monoisotopic (exact) mass is 434 g/mol. The average Bonchev–Trinajstić information content (AvgIpc) is 2.83. The summed E-state index contributed by atoms with van der Waals surface area (Å²) in [5, 5.41) is 1.45. The summed E-state index contributed by atoms with van der Waals surface area (Å²) in [7, 11) is -3.66. The first-order chi connectivity index (χ1) is 12.4. The van der Waals surface area contributed by atoms with Crippen LogP contribution in [0.25, 0.3) is 0 Å². The number of halogens is 3. The summed E-state index contributed by atoms with van der Waals surface area (Å²) >= 11 is 18.3. The van der Waals surface area contributed by atoms with Gasteiger partial charge in [0.15, 0.2) is 0 Å². The molecule has 0 spiro atoms. The molecule has 10 heteroatoms. The molecule has 1 aliphatic heterocycles. The molecule has 0 atom stereocenters. The fourth-order valence-electron chi connectivity index (χ4n) is 2.80. The van der Waals surface area contributed by atoms with E-state index in [1.54, 1.807) is 24.3 Å². The second-order valence-corrected chi connectivity index (χ2v) is 8.73. The number of hydrogen-bond donors (Lipinski definition) is 1. The Hall–Kier alpha value is -1.25. The highest BCUT2D eigenvalue weighted by molar-refractivity contribution is 7.90. The molecule has 0 aliphatic carbocycles. The van der Waals surface area contributed by atoms with Crippen molar-refractivity contribution in [1.29, 1.82) is 0 Å². The summed E-state index contributed by atoms with van der Waals surface area (Å²) < 4.78 is 29.3. The molecule has 1 aliphatic rings. The lowest BCUT2D eigenvalue weighted by atomic mass is 10.3. The molecule has 1 aromatic carbocycles. The van der Waals surface area contributed by atoms with Gasteiger partial charge in [0.2, 0.25) is 0 Å². The van der Waals surface area contributed by atoms with Gasteiger partial charge in [-0.05, 0) is 30.7 Å². The van der Waals surface area contributed by atoms with Crippen LogP contribution in [0.1, 0.15) is 6.42 Å². The van der Waals surface area contributed by atoms with Crippen LogP contribution >= 0.6 is 34.8 Å². The fourth-order valence-corrected chi connectivity index (χ4v) is 4.78. The van der Waals surface area contributed by atoms with Gasteiger partial charge in [-0.25, -0.2) is 0 Å². The summed E-state index contributed by atoms with van der Waals surface area (Å²) in [6.45, 7) is 1.85. The Morgan fingerprint density at radius 3 is 2.23 bits per heavy atom. The van der Waals surface area contributed by atoms with Crippen molar-refractivity contribution in [3.8, 4) is 0 Å². The summed E-state index contributed by atoms with van der Waals surface area (Å²) in [5.74, 6) is 0. The Kier molecular flexibility index (Phi) is 6.14. The quantitative estimate of drug-likeness (QED) is 0.791. The van der Waals surface area contributed by atoms with E-state index in [0.29, 0.717) is 59.0 Å². The molecule has 26 heavy (non-hydrogen) atoms. The lowest BCUT2D eigenvalue weighted by Crippen LogP contribution is -2.38. The van der Waals surface area contributed by atoms with E-state index in [2.05, 4.69) is 9.71 Å². The van der Waals surface area contributed by atoms with Crippen LogP contribution in [0, 0.1) is 0 Å². The molecule has 140 valence electrons. The highest BCUT2D eigenvalue weighted by atomic mass is 35.5. The minimum absolute atomic E-state index is 0.317. The van der Waals surface area contributed by atoms with Gasteiger partial charge in [0, 0.05) is 49.3 Å². The molecule has 6 nitrogen and oxygen atoms in total. The predicted octanol–water partition coefficient (Wildman–Crippen LogP) is 3.91. The van der Waals surface area contributed by atoms with Crippen molar-refractivity contribution in [1.82, 2.24) is 9.29 Å². The zero-order valence-corrected chi connectivity index (χ0v) is 16.8. The van der Waals surface area contributed by atoms with Crippen LogP contribution in [0.5, 0.6) is 0 Å². The molecule has 1 aromatic heterocycles. The van der Waals surface area contributed by atoms with E-state index in [1.807, 2.05) is 4.90 Å². The summed E-state index contributed by atoms with van der Waals surface area (Å²) in [6.07, 6.45) is 3.71. The van der Waals surface area contributed by atoms with Crippen LogP contribution in [0.2, 0.25) is 15.1 Å². The lowest BCUT2D eigenvalue weighted by Gasteiger charge is -2.25. The van der Waals surface area contributed by atoms with Crippen molar-refractivity contribution < 1.29 is 8.42 Å². The van der Waals surface area contributed by atoms with Gasteiger partial charge < -0.3 is 4.90 Å². The molecule has 1 saturated heterocycles. The molecular formula is C16H17Cl3N4O2S. The fraction of sp³-hybridized carbons (Fsp3) is 0.312. The molecule has 0 amide bonds. The number of nitrogens with one attached hydrogen (secondary N) is 1. The first-order valence-electron chi connectivity index (χ1n) is 7.94. The van der Waals surface area contributed by atoms with Crippen LogP contribution in [0.4, 0.5) is 11.4 Å². The third-order valence-corrected chi connectivity index (χ3v) is 6.37. The Morgan fingerprint density at radius 1 is 0.923 bits per heavy atom. The van der Waals surface area contributed by atoms with Gasteiger partial charge in [0.05, 0.1) is 15.7 Å². The minimum Gasteiger partial charge on any atom is -0.368 e. The zero-order valence-electron chi connectivity index (χ0n) is 13.7. The third-order valence-electron chi connectivity index (χ3n) is 4.03. The molecule has 2 heterocycles. The van der Waals surface area contributed by atoms with Gasteiger partial charge in [-0.1, -0.05) is 34.8 Å². The van der Waals surface area contributed by atoms with Gasteiger partial charge in [-0.2, -0.15) is 12.7 Å². The van der Waals surface area contributed by atoms with Crippen LogP contribution in [0.15, 0.2) is 36.7 Å². The Bertz CT molecular complexity index is 857. The molecule has 3 rings (SSSR count). The van der Waals surface area contributed by atoms with Crippen molar-refractivity contribution in [2.45, 2.75) is 6.42 Å². The first-order valence-corrected chi connectivity index (χ1v) is 10.5. The van der Waals surface area contributed by atoms with Crippen LogP contribution in [-0.4, -0.2) is 43.9 Å². The number of hydrogen-bond acceptors (Lipinski definition) is 4. The largest absolute Gasteiger partial charge is 0.368 e. The Morgan fingerprint density at radius 2 is 1.58 bits per heavy atom. The highest BCUT2D eigenvalue weighted by Crippen LogP contribution is 2.33. The topological polar surface area (TPSA) is 65.5 Å². The third kappa shape index (κ3) is 4.53. The van der Waals surface area contributed by atoms with Crippen molar-refractivity contribution in [3.05, 3.63) is 51.7 Å². The van der Waals surface area contributed by atoms with E-state index < -0.39 is 10.2 Å². The molecule has 0 bridgehead atoms. The van der Waals surface area contributed by atoms with Crippen LogP contribution in [-0.2, 0) is 10.2 Å². The molecule has 1 fully saturated rings. The second-order valence-electron chi connectivity index (χ2n) is 5.81. The van der Waals surface area contributed by atoms with Crippen molar-refractivity contribution in [3.63, 3.8) is 0 Å². The molecule has 0 saturated carbocycles. The first kappa shape index (κ1) is 19.5. The van der Waals surface area contributed by atoms with E-state index in [1.165, 1.54) is 16.7 Å². The molecule has 0 unspecified atom stereocenters. The smallest absolute Gasteiger partial charge is 0.301 e. The highest BCUT2D eigenvalue weighted by Gasteiger charge is 2.26. The zero-order chi connectivity index (χ0) is 18.7. The van der Waals surface area contributed by atoms with Gasteiger partial charge in [-0.3, -0.25) is 9.71 Å². The maximum absolute atomic E-state index is 12.7. The molecule has 0 radical (unpaired) electrons. The summed E-state index contributed by atoms with van der Waals surface area (Å²) in [5.41, 5.74) is 1.16. The van der Waals surface area contributed by atoms with Gasteiger partial charge in [-0.15, -0.1) is 0 Å². The summed E-state index contributed by atoms with van der Waals surface area (Å²) in [6, 6.07) is 6.52. The van der Waals surface area contributed by atoms with E-state index in [-0.39, 0.29) is 0 Å². The number of anilines is 2. The standard InChI is InChI=1S/C16H17Cl3N4O2S/c17-12-2-4-13(5-3-12)21-26(24,25)23-7-1-6-22(8-9-23)16-14(18)10-20-11-15(16)19/h2-5,10-11,21H,1,6-9H2. The van der Waals surface area contributed by atoms with Gasteiger partial charge in [0.1, 0.15) is 0 Å². The predicted molar refractivity (Wildman–Crippen MR) is 107 cm³/mol. The Labute approximate surface area is 167 Å². The van der Waals surface area contributed by atoms with Crippen molar-refractivity contribution >= 4 is 56.4 Å². The van der Waals surface area contributed by atoms with E-state index >= 15 is 0 Å². The number of benzene rings is 1. The minimum atomic E-state index is -3.66. The molecule has 2 aromatic rings. The normalized spacial score (nSPS) is 16.3. The second kappa shape index (κ2) is 8.19. The molecular weight excluding hydrogens is 419 g/mol. The number of rotatable bonds is 4. The number of pyridine rings is 1. The van der Waals surface area contributed by atoms with Crippen molar-refractivity contribution in [2.24, 2.45) is 0 Å². The van der Waals surface area contributed by atoms with E-state index in [9.17, 15) is 8.42 Å². The molecule has 1 N–H and O–H groups in total. The van der Waals surface area contributed by atoms with Crippen LogP contribution in [0.3, 0.4) is 0 Å². The van der Waals surface area contributed by atoms with Crippen molar-refractivity contribution in [2.75, 3.05) is 35.8 Å². The number of aromatic nitrogens is 1. The van der Waals surface area contributed by atoms with E-state index in [4.69, 9.17) is 34.8 Å². The van der Waals surface area contributed by atoms with Gasteiger partial charge >= 0.3 is 10.2 Å². The van der Waals surface area contributed by atoms with Gasteiger partial charge in [0.25, 0.3) is 0 Å². The van der Waals surface area contributed by atoms with Crippen LogP contribution < -0.4 is 9.62 Å². The van der Waals surface area contributed by atoms with E-state index in [0.717, 1.165) is 0 Å². The Balaban J connectivity index is 1.72. The summed E-state index contributed by atoms with van der Waals surface area (Å²) in [4.78, 5) is 5.94. The average molecular weight is 436 g/mol. The maximum Gasteiger partial charge on any atom is 0.301 e.